The van der Waals surface area contributed by atoms with Gasteiger partial charge in [-0.3, -0.25) is 4.79 Å². The summed E-state index contributed by atoms with van der Waals surface area (Å²) in [7, 11) is 0. The minimum atomic E-state index is 0.145. The Hall–Kier alpha value is -3.47. The minimum Gasteiger partial charge on any atom is -0.508 e. The molecule has 116 valence electrons. The molecule has 5 heteroatoms. The zero-order chi connectivity index (χ0) is 16.4. The number of aromatic amines is 2. The van der Waals surface area contributed by atoms with Crippen molar-refractivity contribution in [3.8, 4) is 11.5 Å². The normalized spacial score (nSPS) is 11.8. The van der Waals surface area contributed by atoms with Gasteiger partial charge in [0, 0.05) is 38.1 Å². The fourth-order valence-electron chi connectivity index (χ4n) is 3.57. The highest BCUT2D eigenvalue weighted by atomic mass is 16.3. The molecule has 4 N–H and O–H groups in total. The second kappa shape index (κ2) is 4.29. The minimum absolute atomic E-state index is 0.145. The van der Waals surface area contributed by atoms with Gasteiger partial charge in [0.25, 0.3) is 0 Å². The predicted octanol–water partition coefficient (Wildman–Crippen LogP) is 4.18. The van der Waals surface area contributed by atoms with Crippen molar-refractivity contribution in [1.29, 1.82) is 0 Å². The number of carbonyl (C=O) groups excluding carboxylic acids is 1. The van der Waals surface area contributed by atoms with Crippen molar-refractivity contribution in [2.75, 3.05) is 0 Å². The first-order valence-electron chi connectivity index (χ1n) is 7.53. The van der Waals surface area contributed by atoms with Crippen LogP contribution in [0, 0.1) is 0 Å². The third-order valence-electron chi connectivity index (χ3n) is 4.61. The van der Waals surface area contributed by atoms with Crippen molar-refractivity contribution in [3.63, 3.8) is 0 Å². The largest absolute Gasteiger partial charge is 0.508 e. The Balaban J connectivity index is 2.09. The maximum atomic E-state index is 11.9. The van der Waals surface area contributed by atoms with E-state index in [2.05, 4.69) is 9.97 Å². The number of hydrogen-bond donors (Lipinski definition) is 4. The van der Waals surface area contributed by atoms with E-state index in [4.69, 9.17) is 0 Å². The Kier molecular flexibility index (Phi) is 2.33. The Labute approximate surface area is 135 Å². The number of benzene rings is 3. The number of H-pyrrole nitrogens is 2. The van der Waals surface area contributed by atoms with Gasteiger partial charge in [0.1, 0.15) is 11.5 Å². The molecule has 0 spiro atoms. The highest BCUT2D eigenvalue weighted by Gasteiger charge is 2.17. The van der Waals surface area contributed by atoms with Crippen molar-refractivity contribution in [1.82, 2.24) is 9.97 Å². The van der Waals surface area contributed by atoms with Gasteiger partial charge in [-0.15, -0.1) is 0 Å². The molecule has 0 unspecified atom stereocenters. The molecule has 5 aromatic rings. The van der Waals surface area contributed by atoms with Gasteiger partial charge >= 0.3 is 0 Å². The van der Waals surface area contributed by atoms with Crippen molar-refractivity contribution >= 4 is 49.9 Å². The molecular weight excluding hydrogens is 304 g/mol. The van der Waals surface area contributed by atoms with E-state index in [-0.39, 0.29) is 11.5 Å². The van der Waals surface area contributed by atoms with Crippen molar-refractivity contribution < 1.29 is 15.0 Å². The molecule has 0 saturated heterocycles. The molecule has 0 atom stereocenters. The van der Waals surface area contributed by atoms with Crippen molar-refractivity contribution in [2.45, 2.75) is 0 Å². The molecule has 0 amide bonds. The smallest absolute Gasteiger partial charge is 0.152 e. The number of phenolic OH excluding ortho intramolecular Hbond substituents is 2. The summed E-state index contributed by atoms with van der Waals surface area (Å²) in [4.78, 5) is 18.3. The molecule has 2 heterocycles. The third-order valence-corrected chi connectivity index (χ3v) is 4.61. The van der Waals surface area contributed by atoms with Crippen LogP contribution in [0.5, 0.6) is 11.5 Å². The Morgan fingerprint density at radius 1 is 0.833 bits per heavy atom. The lowest BCUT2D eigenvalue weighted by atomic mass is 10.0. The topological polar surface area (TPSA) is 89.1 Å². The number of nitrogens with one attached hydrogen (secondary N) is 2. The summed E-state index contributed by atoms with van der Waals surface area (Å²) in [5.74, 6) is 0.293. The molecule has 5 nitrogen and oxygen atoms in total. The standard InChI is InChI=1S/C19H12N2O3/c22-8-13-17-12-6-9(23)4-5-14(12)20-15(17)7-11-10-2-1-3-16(24)19(10)21-18(11)13/h1-8,20-21,23-24H. The molecular formula is C19H12N2O3. The summed E-state index contributed by atoms with van der Waals surface area (Å²) in [6.07, 6.45) is 0.814. The molecule has 5 rings (SSSR count). The van der Waals surface area contributed by atoms with E-state index >= 15 is 0 Å². The number of aldehydes is 1. The van der Waals surface area contributed by atoms with Crippen LogP contribution in [0.1, 0.15) is 10.4 Å². The molecule has 0 saturated carbocycles. The van der Waals surface area contributed by atoms with Gasteiger partial charge in [0.15, 0.2) is 6.29 Å². The average molecular weight is 316 g/mol. The summed E-state index contributed by atoms with van der Waals surface area (Å²) < 4.78 is 0. The quantitative estimate of drug-likeness (QED) is 0.350. The van der Waals surface area contributed by atoms with Crippen LogP contribution in [0.3, 0.4) is 0 Å². The van der Waals surface area contributed by atoms with E-state index in [9.17, 15) is 15.0 Å². The zero-order valence-corrected chi connectivity index (χ0v) is 12.4. The number of fused-ring (bicyclic) bond motifs is 6. The summed E-state index contributed by atoms with van der Waals surface area (Å²) >= 11 is 0. The van der Waals surface area contributed by atoms with Crippen LogP contribution in [0.2, 0.25) is 0 Å². The average Bonchev–Trinajstić information content (AvgIpc) is 3.12. The SMILES string of the molecule is O=Cc1c2[nH]c3c(O)cccc3c2cc2[nH]c3ccc(O)cc3c12. The number of para-hydroxylation sites is 1. The molecule has 0 bridgehead atoms. The number of aromatic hydroxyl groups is 2. The molecule has 3 aromatic carbocycles. The van der Waals surface area contributed by atoms with Crippen LogP contribution >= 0.6 is 0 Å². The van der Waals surface area contributed by atoms with Crippen LogP contribution < -0.4 is 0 Å². The van der Waals surface area contributed by atoms with Gasteiger partial charge in [-0.25, -0.2) is 0 Å². The number of hydrogen-bond acceptors (Lipinski definition) is 3. The van der Waals surface area contributed by atoms with Gasteiger partial charge in [-0.1, -0.05) is 12.1 Å². The number of aromatic nitrogens is 2. The molecule has 24 heavy (non-hydrogen) atoms. The number of carbonyl (C=O) groups is 1. The van der Waals surface area contributed by atoms with Crippen molar-refractivity contribution in [3.05, 3.63) is 48.0 Å². The van der Waals surface area contributed by atoms with Crippen LogP contribution in [-0.2, 0) is 0 Å². The molecule has 0 radical (unpaired) electrons. The van der Waals surface area contributed by atoms with Gasteiger partial charge < -0.3 is 20.2 Å². The van der Waals surface area contributed by atoms with E-state index in [1.54, 1.807) is 30.3 Å². The molecule has 0 aliphatic rings. The summed E-state index contributed by atoms with van der Waals surface area (Å²) in [5.41, 5.74) is 3.46. The van der Waals surface area contributed by atoms with Gasteiger partial charge in [0.2, 0.25) is 0 Å². The lowest BCUT2D eigenvalue weighted by Crippen LogP contribution is -1.85. The Bertz CT molecular complexity index is 1290. The first kappa shape index (κ1) is 13.0. The van der Waals surface area contributed by atoms with Gasteiger partial charge in [-0.05, 0) is 30.3 Å². The second-order valence-electron chi connectivity index (χ2n) is 5.93. The molecule has 0 fully saturated rings. The third kappa shape index (κ3) is 1.50. The van der Waals surface area contributed by atoms with Crippen LogP contribution in [0.25, 0.3) is 43.6 Å². The second-order valence-corrected chi connectivity index (χ2v) is 5.93. The summed E-state index contributed by atoms with van der Waals surface area (Å²) in [5, 5.41) is 23.1. The zero-order valence-electron chi connectivity index (χ0n) is 12.4. The maximum Gasteiger partial charge on any atom is 0.152 e. The first-order valence-corrected chi connectivity index (χ1v) is 7.53. The van der Waals surface area contributed by atoms with Crippen LogP contribution in [-0.4, -0.2) is 26.5 Å². The Morgan fingerprint density at radius 2 is 1.71 bits per heavy atom. The maximum absolute atomic E-state index is 11.9. The fourth-order valence-corrected chi connectivity index (χ4v) is 3.57. The molecule has 0 aliphatic heterocycles. The highest BCUT2D eigenvalue weighted by molar-refractivity contribution is 6.25. The number of rotatable bonds is 1. The van der Waals surface area contributed by atoms with E-state index in [0.29, 0.717) is 16.6 Å². The van der Waals surface area contributed by atoms with E-state index in [1.165, 1.54) is 0 Å². The monoisotopic (exact) mass is 316 g/mol. The van der Waals surface area contributed by atoms with Crippen LogP contribution in [0.4, 0.5) is 0 Å². The van der Waals surface area contributed by atoms with Crippen molar-refractivity contribution in [2.24, 2.45) is 0 Å². The lowest BCUT2D eigenvalue weighted by molar-refractivity contribution is 0.112. The summed E-state index contributed by atoms with van der Waals surface area (Å²) in [6, 6.07) is 12.3. The molecule has 2 aromatic heterocycles. The number of phenols is 2. The Morgan fingerprint density at radius 3 is 2.54 bits per heavy atom. The van der Waals surface area contributed by atoms with Gasteiger partial charge in [-0.2, -0.15) is 0 Å². The first-order chi connectivity index (χ1) is 11.7. The highest BCUT2D eigenvalue weighted by Crippen LogP contribution is 2.38. The van der Waals surface area contributed by atoms with E-state index in [1.807, 2.05) is 12.1 Å². The lowest BCUT2D eigenvalue weighted by Gasteiger charge is -2.00. The van der Waals surface area contributed by atoms with Crippen LogP contribution in [0.15, 0.2) is 42.5 Å². The van der Waals surface area contributed by atoms with Gasteiger partial charge in [0.05, 0.1) is 11.0 Å². The van der Waals surface area contributed by atoms with E-state index < -0.39 is 0 Å². The molecule has 0 aliphatic carbocycles. The van der Waals surface area contributed by atoms with E-state index in [0.717, 1.165) is 38.9 Å². The predicted molar refractivity (Wildman–Crippen MR) is 93.9 cm³/mol. The summed E-state index contributed by atoms with van der Waals surface area (Å²) in [6.45, 7) is 0. The fraction of sp³-hybridized carbons (Fsp3) is 0.